The Balaban J connectivity index is 1.73. The van der Waals surface area contributed by atoms with E-state index in [-0.39, 0.29) is 6.04 Å². The summed E-state index contributed by atoms with van der Waals surface area (Å²) >= 11 is 6.19. The summed E-state index contributed by atoms with van der Waals surface area (Å²) in [5.74, 6) is 2.15. The molecule has 1 atom stereocenters. The second kappa shape index (κ2) is 8.79. The molecule has 0 aliphatic heterocycles. The predicted octanol–water partition coefficient (Wildman–Crippen LogP) is 5.15. The van der Waals surface area contributed by atoms with Crippen molar-refractivity contribution in [2.24, 2.45) is 5.73 Å². The van der Waals surface area contributed by atoms with Crippen LogP contribution >= 0.6 is 11.6 Å². The number of hydrogen-bond donors (Lipinski definition) is 1. The Kier molecular flexibility index (Phi) is 6.21. The van der Waals surface area contributed by atoms with E-state index in [4.69, 9.17) is 31.2 Å². The summed E-state index contributed by atoms with van der Waals surface area (Å²) in [4.78, 5) is 0. The zero-order valence-corrected chi connectivity index (χ0v) is 15.4. The SMILES string of the molecule is CCOc1cc(CC(N)c2ccco2)ccc1OCc1ccccc1Cl. The van der Waals surface area contributed by atoms with Crippen molar-refractivity contribution in [1.82, 2.24) is 0 Å². The highest BCUT2D eigenvalue weighted by atomic mass is 35.5. The lowest BCUT2D eigenvalue weighted by Crippen LogP contribution is -2.12. The lowest BCUT2D eigenvalue weighted by Gasteiger charge is -2.15. The maximum absolute atomic E-state index is 6.20. The average Bonchev–Trinajstić information content (AvgIpc) is 3.17. The fraction of sp³-hybridized carbons (Fsp3) is 0.238. The van der Waals surface area contributed by atoms with Gasteiger partial charge in [0, 0.05) is 10.6 Å². The zero-order valence-electron chi connectivity index (χ0n) is 14.7. The van der Waals surface area contributed by atoms with Crippen molar-refractivity contribution >= 4 is 11.6 Å². The molecule has 0 aliphatic carbocycles. The van der Waals surface area contributed by atoms with Gasteiger partial charge in [0.05, 0.1) is 18.9 Å². The Bertz CT molecular complexity index is 833. The minimum absolute atomic E-state index is 0.200. The van der Waals surface area contributed by atoms with Gasteiger partial charge in [-0.2, -0.15) is 0 Å². The van der Waals surface area contributed by atoms with Crippen LogP contribution in [-0.4, -0.2) is 6.61 Å². The normalized spacial score (nSPS) is 12.0. The smallest absolute Gasteiger partial charge is 0.161 e. The molecule has 1 unspecified atom stereocenters. The molecule has 0 bridgehead atoms. The Labute approximate surface area is 158 Å². The fourth-order valence-corrected chi connectivity index (χ4v) is 2.89. The topological polar surface area (TPSA) is 57.6 Å². The van der Waals surface area contributed by atoms with Gasteiger partial charge in [-0.1, -0.05) is 35.9 Å². The molecule has 3 aromatic rings. The molecule has 3 rings (SSSR count). The summed E-state index contributed by atoms with van der Waals surface area (Å²) in [6.45, 7) is 2.88. The van der Waals surface area contributed by atoms with Crippen LogP contribution in [0.4, 0.5) is 0 Å². The minimum Gasteiger partial charge on any atom is -0.490 e. The first-order valence-electron chi connectivity index (χ1n) is 8.58. The maximum Gasteiger partial charge on any atom is 0.161 e. The highest BCUT2D eigenvalue weighted by Gasteiger charge is 2.13. The average molecular weight is 372 g/mol. The van der Waals surface area contributed by atoms with Crippen molar-refractivity contribution in [3.05, 3.63) is 82.8 Å². The summed E-state index contributed by atoms with van der Waals surface area (Å²) in [7, 11) is 0. The molecular formula is C21H22ClNO3. The molecule has 0 spiro atoms. The van der Waals surface area contributed by atoms with Gasteiger partial charge in [-0.3, -0.25) is 0 Å². The molecule has 4 nitrogen and oxygen atoms in total. The number of ether oxygens (including phenoxy) is 2. The molecule has 1 aromatic heterocycles. The molecule has 0 radical (unpaired) electrons. The van der Waals surface area contributed by atoms with Gasteiger partial charge in [-0.05, 0) is 49.2 Å². The number of rotatable bonds is 8. The zero-order chi connectivity index (χ0) is 18.4. The third-order valence-electron chi connectivity index (χ3n) is 4.01. The van der Waals surface area contributed by atoms with Crippen molar-refractivity contribution in [2.75, 3.05) is 6.61 Å². The maximum atomic E-state index is 6.20. The first-order chi connectivity index (χ1) is 12.7. The monoisotopic (exact) mass is 371 g/mol. The first-order valence-corrected chi connectivity index (χ1v) is 8.96. The summed E-state index contributed by atoms with van der Waals surface area (Å²) in [6, 6.07) is 17.0. The van der Waals surface area contributed by atoms with E-state index in [1.165, 1.54) is 0 Å². The van der Waals surface area contributed by atoms with Crippen molar-refractivity contribution in [3.63, 3.8) is 0 Å². The van der Waals surface area contributed by atoms with Crippen LogP contribution in [-0.2, 0) is 13.0 Å². The fourth-order valence-electron chi connectivity index (χ4n) is 2.69. The van der Waals surface area contributed by atoms with Crippen LogP contribution in [0.3, 0.4) is 0 Å². The van der Waals surface area contributed by atoms with Crippen LogP contribution in [0, 0.1) is 0 Å². The van der Waals surface area contributed by atoms with Gasteiger partial charge in [0.1, 0.15) is 12.4 Å². The van der Waals surface area contributed by atoms with Crippen molar-refractivity contribution in [3.8, 4) is 11.5 Å². The molecule has 2 N–H and O–H groups in total. The molecule has 2 aromatic carbocycles. The molecule has 136 valence electrons. The third kappa shape index (κ3) is 4.59. The first kappa shape index (κ1) is 18.4. The Morgan fingerprint density at radius 3 is 2.62 bits per heavy atom. The summed E-state index contributed by atoms with van der Waals surface area (Å²) in [6.07, 6.45) is 2.28. The second-order valence-corrected chi connectivity index (χ2v) is 6.33. The standard InChI is InChI=1S/C21H22ClNO3/c1-2-24-21-13-15(12-18(23)19-8-5-11-25-19)9-10-20(21)26-14-16-6-3-4-7-17(16)22/h3-11,13,18H,2,12,14,23H2,1H3. The molecule has 0 aliphatic rings. The van der Waals surface area contributed by atoms with Gasteiger partial charge in [0.2, 0.25) is 0 Å². The largest absolute Gasteiger partial charge is 0.490 e. The van der Waals surface area contributed by atoms with Crippen molar-refractivity contribution < 1.29 is 13.9 Å². The lowest BCUT2D eigenvalue weighted by molar-refractivity contribution is 0.269. The van der Waals surface area contributed by atoms with E-state index < -0.39 is 0 Å². The molecule has 26 heavy (non-hydrogen) atoms. The summed E-state index contributed by atoms with van der Waals surface area (Å²) < 4.78 is 17.1. The number of halogens is 1. The van der Waals surface area contributed by atoms with Crippen LogP contribution in [0.25, 0.3) is 0 Å². The van der Waals surface area contributed by atoms with Crippen LogP contribution in [0.5, 0.6) is 11.5 Å². The van der Waals surface area contributed by atoms with E-state index in [1.807, 2.05) is 61.5 Å². The molecule has 0 amide bonds. The van der Waals surface area contributed by atoms with E-state index in [1.54, 1.807) is 6.26 Å². The number of nitrogens with two attached hydrogens (primary N) is 1. The molecule has 0 saturated heterocycles. The van der Waals surface area contributed by atoms with Crippen molar-refractivity contribution in [2.45, 2.75) is 26.0 Å². The highest BCUT2D eigenvalue weighted by Crippen LogP contribution is 2.31. The third-order valence-corrected chi connectivity index (χ3v) is 4.38. The Hall–Kier alpha value is -2.43. The summed E-state index contributed by atoms with van der Waals surface area (Å²) in [5.41, 5.74) is 8.19. The quantitative estimate of drug-likeness (QED) is 0.594. The van der Waals surface area contributed by atoms with Crippen LogP contribution in [0.15, 0.2) is 65.3 Å². The van der Waals surface area contributed by atoms with Crippen LogP contribution in [0.1, 0.15) is 29.9 Å². The van der Waals surface area contributed by atoms with Crippen molar-refractivity contribution in [1.29, 1.82) is 0 Å². The van der Waals surface area contributed by atoms with Crippen LogP contribution < -0.4 is 15.2 Å². The second-order valence-electron chi connectivity index (χ2n) is 5.92. The molecule has 0 fully saturated rings. The van der Waals surface area contributed by atoms with Gasteiger partial charge >= 0.3 is 0 Å². The number of furan rings is 1. The van der Waals surface area contributed by atoms with E-state index >= 15 is 0 Å². The van der Waals surface area contributed by atoms with Crippen LogP contribution in [0.2, 0.25) is 5.02 Å². The van der Waals surface area contributed by atoms with Gasteiger partial charge in [0.25, 0.3) is 0 Å². The lowest BCUT2D eigenvalue weighted by atomic mass is 10.0. The summed E-state index contributed by atoms with van der Waals surface area (Å²) in [5, 5.41) is 0.687. The Morgan fingerprint density at radius 1 is 1.04 bits per heavy atom. The van der Waals surface area contributed by atoms with Gasteiger partial charge in [-0.15, -0.1) is 0 Å². The molecular weight excluding hydrogens is 350 g/mol. The Morgan fingerprint density at radius 2 is 1.88 bits per heavy atom. The van der Waals surface area contributed by atoms with Gasteiger partial charge < -0.3 is 19.6 Å². The predicted molar refractivity (Wildman–Crippen MR) is 103 cm³/mol. The highest BCUT2D eigenvalue weighted by molar-refractivity contribution is 6.31. The molecule has 1 heterocycles. The van der Waals surface area contributed by atoms with Gasteiger partial charge in [0.15, 0.2) is 11.5 Å². The number of benzene rings is 2. The molecule has 5 heteroatoms. The number of hydrogen-bond acceptors (Lipinski definition) is 4. The minimum atomic E-state index is -0.200. The molecule has 0 saturated carbocycles. The van der Waals surface area contributed by atoms with E-state index in [0.717, 1.165) is 16.9 Å². The van der Waals surface area contributed by atoms with E-state index in [0.29, 0.717) is 36.2 Å². The van der Waals surface area contributed by atoms with E-state index in [2.05, 4.69) is 0 Å². The van der Waals surface area contributed by atoms with Gasteiger partial charge in [-0.25, -0.2) is 0 Å². The van der Waals surface area contributed by atoms with E-state index in [9.17, 15) is 0 Å².